The van der Waals surface area contributed by atoms with Gasteiger partial charge in [0, 0.05) is 54.7 Å². The molecule has 3 heteroatoms. The smallest absolute Gasteiger partial charge is 0.0541 e. The van der Waals surface area contributed by atoms with Crippen LogP contribution in [0.1, 0.15) is 0 Å². The number of para-hydroxylation sites is 4. The number of aromatic amines is 1. The first-order valence-corrected chi connectivity index (χ1v) is 17.5. The number of nitrogens with zero attached hydrogens (tertiary/aromatic N) is 2. The average Bonchev–Trinajstić information content (AvgIpc) is 3.85. The van der Waals surface area contributed by atoms with Gasteiger partial charge in [-0.2, -0.15) is 0 Å². The molecule has 0 amide bonds. The van der Waals surface area contributed by atoms with Crippen LogP contribution in [0.3, 0.4) is 0 Å². The van der Waals surface area contributed by atoms with Gasteiger partial charge in [0.15, 0.2) is 0 Å². The molecule has 11 rings (SSSR count). The zero-order valence-electron chi connectivity index (χ0n) is 27.7. The lowest BCUT2D eigenvalue weighted by Gasteiger charge is -2.08. The lowest BCUT2D eigenvalue weighted by molar-refractivity contribution is 1.18. The second kappa shape index (κ2) is 10.8. The van der Waals surface area contributed by atoms with Crippen LogP contribution in [-0.2, 0) is 0 Å². The van der Waals surface area contributed by atoms with Gasteiger partial charge >= 0.3 is 0 Å². The van der Waals surface area contributed by atoms with Crippen LogP contribution >= 0.6 is 0 Å². The Bertz CT molecular complexity index is 2910. The van der Waals surface area contributed by atoms with E-state index in [-0.39, 0.29) is 0 Å². The molecule has 3 nitrogen and oxygen atoms in total. The topological polar surface area (TPSA) is 25.6 Å². The molecule has 51 heavy (non-hydrogen) atoms. The number of hydrogen-bond acceptors (Lipinski definition) is 0. The Morgan fingerprint density at radius 3 is 1.12 bits per heavy atom. The van der Waals surface area contributed by atoms with Crippen LogP contribution in [0.2, 0.25) is 0 Å². The minimum Gasteiger partial charge on any atom is -0.354 e. The Labute approximate surface area is 294 Å². The first kappa shape index (κ1) is 28.0. The Hall–Kier alpha value is -6.84. The average molecular weight is 650 g/mol. The van der Waals surface area contributed by atoms with Gasteiger partial charge in [-0.15, -0.1) is 0 Å². The number of hydrogen-bond donors (Lipinski definition) is 1. The zero-order chi connectivity index (χ0) is 33.5. The highest BCUT2D eigenvalue weighted by atomic mass is 15.0. The van der Waals surface area contributed by atoms with Crippen LogP contribution < -0.4 is 0 Å². The Morgan fingerprint density at radius 1 is 0.275 bits per heavy atom. The van der Waals surface area contributed by atoms with Crippen molar-refractivity contribution in [2.75, 3.05) is 0 Å². The number of aromatic nitrogens is 3. The maximum atomic E-state index is 3.77. The molecule has 0 aliphatic heterocycles. The number of rotatable bonds is 4. The standard InChI is InChI=1S/C48H31N3/c1-3-11-35(12-4-1)50-45-17-9-7-15-39(45)41-27-31(21-25-47(41)50)33-19-23-37-38-24-20-34(30-44(38)49-43(37)29-33)32-22-26-48-42(28-32)40-16-8-10-18-46(40)51(48)36-13-5-2-6-14-36/h1-30,49H. The number of fused-ring (bicyclic) bond motifs is 9. The molecule has 0 saturated carbocycles. The van der Waals surface area contributed by atoms with Crippen molar-refractivity contribution in [1.82, 2.24) is 14.1 Å². The van der Waals surface area contributed by atoms with Gasteiger partial charge in [0.05, 0.1) is 22.1 Å². The lowest BCUT2D eigenvalue weighted by Crippen LogP contribution is -1.92. The van der Waals surface area contributed by atoms with Crippen LogP contribution in [0, 0.1) is 0 Å². The SMILES string of the molecule is c1ccc(-n2c3ccccc3c3cc(-c4ccc5c(c4)[nH]c4cc(-c6ccc7c(c6)c6ccccc6n7-c6ccccc6)ccc45)ccc32)cc1. The molecular formula is C48H31N3. The van der Waals surface area contributed by atoms with E-state index in [1.807, 2.05) is 0 Å². The van der Waals surface area contributed by atoms with E-state index in [4.69, 9.17) is 0 Å². The largest absolute Gasteiger partial charge is 0.354 e. The van der Waals surface area contributed by atoms with E-state index in [1.165, 1.54) is 88.0 Å². The third kappa shape index (κ3) is 4.25. The summed E-state index contributed by atoms with van der Waals surface area (Å²) in [4.78, 5) is 3.77. The van der Waals surface area contributed by atoms with Crippen LogP contribution in [-0.4, -0.2) is 14.1 Å². The van der Waals surface area contributed by atoms with Crippen LogP contribution in [0.5, 0.6) is 0 Å². The van der Waals surface area contributed by atoms with Crippen molar-refractivity contribution >= 4 is 65.4 Å². The molecule has 0 radical (unpaired) electrons. The van der Waals surface area contributed by atoms with E-state index in [1.54, 1.807) is 0 Å². The molecule has 11 aromatic rings. The summed E-state index contributed by atoms with van der Waals surface area (Å²) in [6, 6.07) is 66.1. The van der Waals surface area contributed by atoms with E-state index >= 15 is 0 Å². The summed E-state index contributed by atoms with van der Waals surface area (Å²) < 4.78 is 4.73. The molecule has 0 atom stereocenters. The van der Waals surface area contributed by atoms with Gasteiger partial charge in [0.1, 0.15) is 0 Å². The Kier molecular flexibility index (Phi) is 5.96. The third-order valence-corrected chi connectivity index (χ3v) is 10.6. The molecule has 3 aromatic heterocycles. The quantitative estimate of drug-likeness (QED) is 0.196. The molecular weight excluding hydrogens is 619 g/mol. The number of benzene rings is 8. The van der Waals surface area contributed by atoms with Crippen molar-refractivity contribution in [2.24, 2.45) is 0 Å². The van der Waals surface area contributed by atoms with Gasteiger partial charge in [0.25, 0.3) is 0 Å². The van der Waals surface area contributed by atoms with Crippen LogP contribution in [0.25, 0.3) is 99.0 Å². The molecule has 0 aliphatic rings. The molecule has 8 aromatic carbocycles. The lowest BCUT2D eigenvalue weighted by atomic mass is 10.00. The molecule has 0 spiro atoms. The fourth-order valence-corrected chi connectivity index (χ4v) is 8.28. The molecule has 0 bridgehead atoms. The van der Waals surface area contributed by atoms with Gasteiger partial charge in [-0.1, -0.05) is 109 Å². The maximum absolute atomic E-state index is 3.77. The minimum atomic E-state index is 1.15. The normalized spacial score (nSPS) is 11.9. The Balaban J connectivity index is 1.01. The molecule has 1 N–H and O–H groups in total. The highest BCUT2D eigenvalue weighted by Crippen LogP contribution is 2.38. The van der Waals surface area contributed by atoms with Crippen molar-refractivity contribution in [3.05, 3.63) is 182 Å². The van der Waals surface area contributed by atoms with Crippen molar-refractivity contribution in [1.29, 1.82) is 0 Å². The van der Waals surface area contributed by atoms with E-state index in [0.717, 1.165) is 11.0 Å². The minimum absolute atomic E-state index is 1.15. The molecule has 0 aliphatic carbocycles. The fraction of sp³-hybridized carbons (Fsp3) is 0. The second-order valence-corrected chi connectivity index (χ2v) is 13.5. The van der Waals surface area contributed by atoms with E-state index in [0.29, 0.717) is 0 Å². The summed E-state index contributed by atoms with van der Waals surface area (Å²) >= 11 is 0. The van der Waals surface area contributed by atoms with Gasteiger partial charge < -0.3 is 14.1 Å². The zero-order valence-corrected chi connectivity index (χ0v) is 27.7. The molecule has 3 heterocycles. The van der Waals surface area contributed by atoms with Gasteiger partial charge in [-0.25, -0.2) is 0 Å². The summed E-state index contributed by atoms with van der Waals surface area (Å²) in [6.07, 6.45) is 0. The summed E-state index contributed by atoms with van der Waals surface area (Å²) in [5.74, 6) is 0. The highest BCUT2D eigenvalue weighted by molar-refractivity contribution is 6.13. The first-order chi connectivity index (χ1) is 25.3. The number of nitrogens with one attached hydrogen (secondary N) is 1. The third-order valence-electron chi connectivity index (χ3n) is 10.6. The fourth-order valence-electron chi connectivity index (χ4n) is 8.28. The van der Waals surface area contributed by atoms with E-state index in [2.05, 4.69) is 196 Å². The summed E-state index contributed by atoms with van der Waals surface area (Å²) in [5.41, 5.74) is 14.3. The van der Waals surface area contributed by atoms with Gasteiger partial charge in [-0.05, 0) is 95.1 Å². The van der Waals surface area contributed by atoms with Crippen LogP contribution in [0.4, 0.5) is 0 Å². The van der Waals surface area contributed by atoms with E-state index < -0.39 is 0 Å². The van der Waals surface area contributed by atoms with Gasteiger partial charge in [-0.3, -0.25) is 0 Å². The van der Waals surface area contributed by atoms with Crippen molar-refractivity contribution in [3.8, 4) is 33.6 Å². The van der Waals surface area contributed by atoms with Crippen LogP contribution in [0.15, 0.2) is 182 Å². The summed E-state index contributed by atoms with van der Waals surface area (Å²) in [6.45, 7) is 0. The highest BCUT2D eigenvalue weighted by Gasteiger charge is 2.16. The predicted octanol–water partition coefficient (Wildman–Crippen LogP) is 12.8. The monoisotopic (exact) mass is 649 g/mol. The first-order valence-electron chi connectivity index (χ1n) is 17.5. The second-order valence-electron chi connectivity index (χ2n) is 13.5. The van der Waals surface area contributed by atoms with E-state index in [9.17, 15) is 0 Å². The van der Waals surface area contributed by atoms with Crippen molar-refractivity contribution < 1.29 is 0 Å². The maximum Gasteiger partial charge on any atom is 0.0541 e. The Morgan fingerprint density at radius 2 is 0.647 bits per heavy atom. The van der Waals surface area contributed by atoms with Crippen molar-refractivity contribution in [3.63, 3.8) is 0 Å². The summed E-state index contributed by atoms with van der Waals surface area (Å²) in [5, 5.41) is 7.53. The van der Waals surface area contributed by atoms with Crippen molar-refractivity contribution in [2.45, 2.75) is 0 Å². The number of H-pyrrole nitrogens is 1. The molecule has 0 unspecified atom stereocenters. The van der Waals surface area contributed by atoms with Gasteiger partial charge in [0.2, 0.25) is 0 Å². The predicted molar refractivity (Wildman–Crippen MR) is 215 cm³/mol. The summed E-state index contributed by atoms with van der Waals surface area (Å²) in [7, 11) is 0. The molecule has 0 saturated heterocycles. The molecule has 238 valence electrons. The molecule has 0 fully saturated rings.